The molecule has 1 aromatic carbocycles. The number of aromatic hydroxyl groups is 1. The summed E-state index contributed by atoms with van der Waals surface area (Å²) in [5.74, 6) is 0.604. The van der Waals surface area contributed by atoms with Crippen LogP contribution in [-0.2, 0) is 6.54 Å². The van der Waals surface area contributed by atoms with Gasteiger partial charge in [0, 0.05) is 38.8 Å². The Balaban J connectivity index is 1.31. The second-order valence-electron chi connectivity index (χ2n) is 7.83. The van der Waals surface area contributed by atoms with Crippen LogP contribution < -0.4 is 14.5 Å². The summed E-state index contributed by atoms with van der Waals surface area (Å²) in [4.78, 5) is 16.1. The first kappa shape index (κ1) is 20.2. The highest BCUT2D eigenvalue weighted by Crippen LogP contribution is 2.33. The van der Waals surface area contributed by atoms with Crippen LogP contribution in [0.3, 0.4) is 0 Å². The first-order valence-electron chi connectivity index (χ1n) is 10.4. The van der Waals surface area contributed by atoms with Crippen LogP contribution in [-0.4, -0.2) is 53.4 Å². The van der Waals surface area contributed by atoms with Gasteiger partial charge in [-0.25, -0.2) is 4.39 Å². The predicted molar refractivity (Wildman–Crippen MR) is 113 cm³/mol. The maximum Gasteiger partial charge on any atom is 0.309 e. The van der Waals surface area contributed by atoms with Gasteiger partial charge in [-0.3, -0.25) is 14.3 Å². The summed E-state index contributed by atoms with van der Waals surface area (Å²) in [6.07, 6.45) is 5.61. The fourth-order valence-corrected chi connectivity index (χ4v) is 4.86. The van der Waals surface area contributed by atoms with Gasteiger partial charge in [-0.15, -0.1) is 0 Å². The highest BCUT2D eigenvalue weighted by Gasteiger charge is 2.23. The Kier molecular flexibility index (Phi) is 6.40. The van der Waals surface area contributed by atoms with Crippen molar-refractivity contribution in [2.45, 2.75) is 44.8 Å². The summed E-state index contributed by atoms with van der Waals surface area (Å²) in [5.41, 5.74) is 0.853. The minimum Gasteiger partial charge on any atom is -0.494 e. The SMILES string of the molecule is O=c1scc(O)n1CCCN1CCN(c2cc(F)ccc2OC2CCCC2)CC1. The Morgan fingerprint density at radius 1 is 1.14 bits per heavy atom. The maximum absolute atomic E-state index is 13.9. The number of hydrogen-bond donors (Lipinski definition) is 1. The quantitative estimate of drug-likeness (QED) is 0.744. The minimum absolute atomic E-state index is 0.0470. The van der Waals surface area contributed by atoms with Gasteiger partial charge >= 0.3 is 4.87 Å². The van der Waals surface area contributed by atoms with Crippen molar-refractivity contribution in [1.29, 1.82) is 0 Å². The third-order valence-corrected chi connectivity index (χ3v) is 6.60. The van der Waals surface area contributed by atoms with Gasteiger partial charge in [0.2, 0.25) is 5.88 Å². The smallest absolute Gasteiger partial charge is 0.309 e. The number of halogens is 1. The summed E-state index contributed by atoms with van der Waals surface area (Å²) < 4.78 is 21.5. The van der Waals surface area contributed by atoms with E-state index in [1.165, 1.54) is 28.9 Å². The molecule has 158 valence electrons. The number of nitrogens with zero attached hydrogens (tertiary/aromatic N) is 3. The van der Waals surface area contributed by atoms with E-state index in [1.807, 2.05) is 0 Å². The average molecular weight is 422 g/mol. The van der Waals surface area contributed by atoms with Crippen LogP contribution in [0.25, 0.3) is 0 Å². The number of benzene rings is 1. The standard InChI is InChI=1S/C21H28FN3O3S/c22-16-6-7-19(28-17-4-1-2-5-17)18(14-16)24-12-10-23(11-13-24)8-3-9-25-20(26)15-29-21(25)27/h6-7,14-15,17,26H,1-5,8-13H2. The van der Waals surface area contributed by atoms with Crippen molar-refractivity contribution in [2.24, 2.45) is 0 Å². The Labute approximate surface area is 174 Å². The highest BCUT2D eigenvalue weighted by atomic mass is 32.1. The fraction of sp³-hybridized carbons (Fsp3) is 0.571. The lowest BCUT2D eigenvalue weighted by atomic mass is 10.2. The number of hydrogen-bond acceptors (Lipinski definition) is 6. The van der Waals surface area contributed by atoms with E-state index >= 15 is 0 Å². The molecule has 0 unspecified atom stereocenters. The summed E-state index contributed by atoms with van der Waals surface area (Å²) in [5, 5.41) is 11.2. The molecule has 29 heavy (non-hydrogen) atoms. The molecule has 0 radical (unpaired) electrons. The van der Waals surface area contributed by atoms with Crippen LogP contribution in [0.4, 0.5) is 10.1 Å². The second-order valence-corrected chi connectivity index (χ2v) is 8.65. The molecule has 0 amide bonds. The molecule has 1 N–H and O–H groups in total. The van der Waals surface area contributed by atoms with Gasteiger partial charge in [-0.1, -0.05) is 11.3 Å². The fourth-order valence-electron chi connectivity index (χ4n) is 4.22. The zero-order chi connectivity index (χ0) is 20.2. The second kappa shape index (κ2) is 9.17. The van der Waals surface area contributed by atoms with Gasteiger partial charge in [-0.05, 0) is 50.8 Å². The van der Waals surface area contributed by atoms with E-state index in [0.29, 0.717) is 6.54 Å². The van der Waals surface area contributed by atoms with Crippen molar-refractivity contribution >= 4 is 17.0 Å². The molecule has 2 heterocycles. The number of aromatic nitrogens is 1. The normalized spacial score (nSPS) is 18.4. The number of rotatable bonds is 7. The lowest BCUT2D eigenvalue weighted by Crippen LogP contribution is -2.47. The molecule has 6 nitrogen and oxygen atoms in total. The van der Waals surface area contributed by atoms with Crippen molar-refractivity contribution in [1.82, 2.24) is 9.47 Å². The third kappa shape index (κ3) is 4.93. The topological polar surface area (TPSA) is 57.9 Å². The molecule has 2 aromatic rings. The summed E-state index contributed by atoms with van der Waals surface area (Å²) >= 11 is 1.02. The van der Waals surface area contributed by atoms with Crippen LogP contribution in [0.1, 0.15) is 32.1 Å². The van der Waals surface area contributed by atoms with Crippen molar-refractivity contribution in [3.8, 4) is 11.6 Å². The predicted octanol–water partition coefficient (Wildman–Crippen LogP) is 3.29. The molecule has 1 aromatic heterocycles. The van der Waals surface area contributed by atoms with E-state index in [1.54, 1.807) is 12.1 Å². The third-order valence-electron chi connectivity index (χ3n) is 5.85. The van der Waals surface area contributed by atoms with Crippen LogP contribution >= 0.6 is 11.3 Å². The Hall–Kier alpha value is -2.06. The van der Waals surface area contributed by atoms with Crippen LogP contribution in [0, 0.1) is 5.82 Å². The zero-order valence-corrected chi connectivity index (χ0v) is 17.4. The number of ether oxygens (including phenoxy) is 1. The molecule has 0 atom stereocenters. The Morgan fingerprint density at radius 3 is 2.59 bits per heavy atom. The van der Waals surface area contributed by atoms with Crippen molar-refractivity contribution in [3.63, 3.8) is 0 Å². The van der Waals surface area contributed by atoms with E-state index in [2.05, 4.69) is 9.80 Å². The molecule has 8 heteroatoms. The van der Waals surface area contributed by atoms with E-state index in [-0.39, 0.29) is 22.7 Å². The lowest BCUT2D eigenvalue weighted by Gasteiger charge is -2.37. The zero-order valence-electron chi connectivity index (χ0n) is 16.6. The first-order valence-corrected chi connectivity index (χ1v) is 11.3. The molecular formula is C21H28FN3O3S. The van der Waals surface area contributed by atoms with Crippen LogP contribution in [0.2, 0.25) is 0 Å². The van der Waals surface area contributed by atoms with E-state index in [4.69, 9.17) is 4.74 Å². The molecular weight excluding hydrogens is 393 g/mol. The van der Waals surface area contributed by atoms with Crippen molar-refractivity contribution in [2.75, 3.05) is 37.6 Å². The number of thiazole rings is 1. The molecule has 2 aliphatic rings. The number of anilines is 1. The van der Waals surface area contributed by atoms with E-state index in [0.717, 1.165) is 74.8 Å². The average Bonchev–Trinajstić information content (AvgIpc) is 3.35. The largest absolute Gasteiger partial charge is 0.494 e. The van der Waals surface area contributed by atoms with Gasteiger partial charge in [0.05, 0.1) is 17.2 Å². The molecule has 2 fully saturated rings. The summed E-state index contributed by atoms with van der Waals surface area (Å²) in [7, 11) is 0. The van der Waals surface area contributed by atoms with E-state index in [9.17, 15) is 14.3 Å². The van der Waals surface area contributed by atoms with E-state index < -0.39 is 0 Å². The summed E-state index contributed by atoms with van der Waals surface area (Å²) in [6, 6.07) is 4.83. The first-order chi connectivity index (χ1) is 14.1. The van der Waals surface area contributed by atoms with Crippen LogP contribution in [0.5, 0.6) is 11.6 Å². The molecule has 1 aliphatic heterocycles. The molecule has 4 rings (SSSR count). The Morgan fingerprint density at radius 2 is 1.90 bits per heavy atom. The van der Waals surface area contributed by atoms with Gasteiger partial charge in [0.15, 0.2) is 0 Å². The minimum atomic E-state index is -0.234. The van der Waals surface area contributed by atoms with Crippen molar-refractivity contribution in [3.05, 3.63) is 39.1 Å². The lowest BCUT2D eigenvalue weighted by molar-refractivity contribution is 0.208. The molecule has 0 spiro atoms. The van der Waals surface area contributed by atoms with Gasteiger partial charge in [-0.2, -0.15) is 0 Å². The van der Waals surface area contributed by atoms with Gasteiger partial charge in [0.25, 0.3) is 0 Å². The van der Waals surface area contributed by atoms with Crippen molar-refractivity contribution < 1.29 is 14.2 Å². The maximum atomic E-state index is 13.9. The van der Waals surface area contributed by atoms with Gasteiger partial charge in [0.1, 0.15) is 11.6 Å². The molecule has 1 saturated carbocycles. The number of piperazine rings is 1. The highest BCUT2D eigenvalue weighted by molar-refractivity contribution is 7.07. The monoisotopic (exact) mass is 421 g/mol. The summed E-state index contributed by atoms with van der Waals surface area (Å²) in [6.45, 7) is 4.78. The molecule has 1 saturated heterocycles. The molecule has 1 aliphatic carbocycles. The Bertz CT molecular complexity index is 870. The molecule has 0 bridgehead atoms. The van der Waals surface area contributed by atoms with Gasteiger partial charge < -0.3 is 14.7 Å². The van der Waals surface area contributed by atoms with Crippen LogP contribution in [0.15, 0.2) is 28.4 Å².